The van der Waals surface area contributed by atoms with Crippen LogP contribution < -0.4 is 5.32 Å². The lowest BCUT2D eigenvalue weighted by molar-refractivity contribution is 0.763. The van der Waals surface area contributed by atoms with Crippen molar-refractivity contribution in [3.63, 3.8) is 0 Å². The van der Waals surface area contributed by atoms with Crippen molar-refractivity contribution in [1.82, 2.24) is 5.32 Å². The summed E-state index contributed by atoms with van der Waals surface area (Å²) < 4.78 is 0. The molecule has 0 bridgehead atoms. The number of hydrogen-bond donors (Lipinski definition) is 1. The fourth-order valence-electron chi connectivity index (χ4n) is 1.97. The van der Waals surface area contributed by atoms with E-state index in [0.717, 1.165) is 25.8 Å². The molecule has 0 aliphatic rings. The molecule has 100 valence electrons. The second kappa shape index (κ2) is 8.98. The van der Waals surface area contributed by atoms with Crippen LogP contribution in [0, 0.1) is 0 Å². The minimum atomic E-state index is 0.835. The van der Waals surface area contributed by atoms with Crippen molar-refractivity contribution in [2.75, 3.05) is 0 Å². The summed E-state index contributed by atoms with van der Waals surface area (Å²) in [6.07, 6.45) is 8.43. The largest absolute Gasteiger partial charge is 0.384 e. The first-order valence-corrected chi connectivity index (χ1v) is 6.63. The highest BCUT2D eigenvalue weighted by Gasteiger charge is 2.03. The molecule has 0 aromatic heterocycles. The SMILES string of the molecule is C=CCC(CC=C)=C(CC=C)NCc1ccccc1. The Hall–Kier alpha value is -2.02. The summed E-state index contributed by atoms with van der Waals surface area (Å²) in [5, 5.41) is 3.52. The Morgan fingerprint density at radius 3 is 2.00 bits per heavy atom. The van der Waals surface area contributed by atoms with Crippen LogP contribution in [0.2, 0.25) is 0 Å². The number of allylic oxidation sites excluding steroid dienone is 4. The van der Waals surface area contributed by atoms with Gasteiger partial charge < -0.3 is 5.32 Å². The fraction of sp³-hybridized carbons (Fsp3) is 0.222. The zero-order valence-corrected chi connectivity index (χ0v) is 11.6. The van der Waals surface area contributed by atoms with E-state index in [2.05, 4.69) is 49.3 Å². The molecule has 1 N–H and O–H groups in total. The van der Waals surface area contributed by atoms with Crippen LogP contribution in [0.3, 0.4) is 0 Å². The van der Waals surface area contributed by atoms with Gasteiger partial charge in [0.2, 0.25) is 0 Å². The highest BCUT2D eigenvalue weighted by atomic mass is 14.9. The zero-order chi connectivity index (χ0) is 13.9. The second-order valence-corrected chi connectivity index (χ2v) is 4.40. The summed E-state index contributed by atoms with van der Waals surface area (Å²) in [6.45, 7) is 12.3. The van der Waals surface area contributed by atoms with Crippen LogP contribution in [0.4, 0.5) is 0 Å². The second-order valence-electron chi connectivity index (χ2n) is 4.40. The summed E-state index contributed by atoms with van der Waals surface area (Å²) in [5.74, 6) is 0. The van der Waals surface area contributed by atoms with Crippen LogP contribution in [0.15, 0.2) is 79.6 Å². The molecule has 1 heteroatoms. The van der Waals surface area contributed by atoms with E-state index >= 15 is 0 Å². The van der Waals surface area contributed by atoms with Crippen LogP contribution in [0.5, 0.6) is 0 Å². The quantitative estimate of drug-likeness (QED) is 0.626. The van der Waals surface area contributed by atoms with Gasteiger partial charge in [0.05, 0.1) is 0 Å². The molecule has 0 saturated heterocycles. The normalized spacial score (nSPS) is 9.47. The van der Waals surface area contributed by atoms with E-state index in [1.807, 2.05) is 24.3 Å². The van der Waals surface area contributed by atoms with Gasteiger partial charge >= 0.3 is 0 Å². The van der Waals surface area contributed by atoms with Gasteiger partial charge in [0, 0.05) is 18.7 Å². The van der Waals surface area contributed by atoms with Crippen molar-refractivity contribution in [2.24, 2.45) is 0 Å². The van der Waals surface area contributed by atoms with Gasteiger partial charge in [0.15, 0.2) is 0 Å². The molecule has 0 atom stereocenters. The third-order valence-electron chi connectivity index (χ3n) is 2.91. The number of hydrogen-bond acceptors (Lipinski definition) is 1. The van der Waals surface area contributed by atoms with E-state index in [1.54, 1.807) is 0 Å². The molecule has 0 aliphatic carbocycles. The van der Waals surface area contributed by atoms with Gasteiger partial charge in [-0.1, -0.05) is 48.6 Å². The molecule has 1 aromatic carbocycles. The molecule has 19 heavy (non-hydrogen) atoms. The minimum absolute atomic E-state index is 0.835. The zero-order valence-electron chi connectivity index (χ0n) is 11.6. The van der Waals surface area contributed by atoms with E-state index in [-0.39, 0.29) is 0 Å². The number of nitrogens with one attached hydrogen (secondary N) is 1. The van der Waals surface area contributed by atoms with E-state index in [4.69, 9.17) is 0 Å². The monoisotopic (exact) mass is 253 g/mol. The van der Waals surface area contributed by atoms with Gasteiger partial charge in [-0.25, -0.2) is 0 Å². The lowest BCUT2D eigenvalue weighted by Gasteiger charge is -2.15. The van der Waals surface area contributed by atoms with Gasteiger partial charge in [-0.2, -0.15) is 0 Å². The van der Waals surface area contributed by atoms with E-state index in [9.17, 15) is 0 Å². The molecule has 0 fully saturated rings. The Kier molecular flexibility index (Phi) is 7.11. The lowest BCUT2D eigenvalue weighted by atomic mass is 10.0. The summed E-state index contributed by atoms with van der Waals surface area (Å²) in [7, 11) is 0. The maximum absolute atomic E-state index is 3.83. The molecule has 0 saturated carbocycles. The Labute approximate surface area is 117 Å². The summed E-state index contributed by atoms with van der Waals surface area (Å²) in [6, 6.07) is 10.4. The Balaban J connectivity index is 2.79. The molecule has 1 rings (SSSR count). The molecular formula is C18H23N. The average Bonchev–Trinajstić information content (AvgIpc) is 2.44. The molecule has 0 radical (unpaired) electrons. The number of benzene rings is 1. The predicted octanol–water partition coefficient (Wildman–Crippen LogP) is 4.76. The Morgan fingerprint density at radius 2 is 1.47 bits per heavy atom. The smallest absolute Gasteiger partial charge is 0.0397 e. The first kappa shape index (κ1) is 15.0. The maximum atomic E-state index is 3.83. The Morgan fingerprint density at radius 1 is 0.895 bits per heavy atom. The van der Waals surface area contributed by atoms with Crippen molar-refractivity contribution in [1.29, 1.82) is 0 Å². The van der Waals surface area contributed by atoms with Gasteiger partial charge in [-0.05, 0) is 24.0 Å². The molecule has 0 unspecified atom stereocenters. The van der Waals surface area contributed by atoms with Crippen LogP contribution in [-0.4, -0.2) is 0 Å². The van der Waals surface area contributed by atoms with Crippen LogP contribution in [-0.2, 0) is 6.54 Å². The fourth-order valence-corrected chi connectivity index (χ4v) is 1.97. The summed E-state index contributed by atoms with van der Waals surface area (Å²) in [5.41, 5.74) is 3.85. The van der Waals surface area contributed by atoms with Crippen molar-refractivity contribution < 1.29 is 0 Å². The van der Waals surface area contributed by atoms with Gasteiger partial charge in [-0.3, -0.25) is 0 Å². The van der Waals surface area contributed by atoms with Crippen molar-refractivity contribution in [3.05, 3.63) is 85.1 Å². The molecule has 0 amide bonds. The van der Waals surface area contributed by atoms with Gasteiger partial charge in [-0.15, -0.1) is 19.7 Å². The molecule has 0 heterocycles. The van der Waals surface area contributed by atoms with Gasteiger partial charge in [0.25, 0.3) is 0 Å². The third-order valence-corrected chi connectivity index (χ3v) is 2.91. The van der Waals surface area contributed by atoms with Crippen LogP contribution >= 0.6 is 0 Å². The Bertz CT molecular complexity index is 428. The molecule has 0 aliphatic heterocycles. The lowest BCUT2D eigenvalue weighted by Crippen LogP contribution is -2.14. The standard InChI is InChI=1S/C18H23N/c1-4-10-17(11-5-2)18(12-6-3)19-15-16-13-8-7-9-14-16/h4-9,13-14,19H,1-3,10-12,15H2. The van der Waals surface area contributed by atoms with Crippen molar-refractivity contribution in [2.45, 2.75) is 25.8 Å². The first-order chi connectivity index (χ1) is 9.31. The van der Waals surface area contributed by atoms with Gasteiger partial charge in [0.1, 0.15) is 0 Å². The van der Waals surface area contributed by atoms with Crippen molar-refractivity contribution in [3.8, 4) is 0 Å². The first-order valence-electron chi connectivity index (χ1n) is 6.63. The van der Waals surface area contributed by atoms with Crippen molar-refractivity contribution >= 4 is 0 Å². The molecular weight excluding hydrogens is 230 g/mol. The average molecular weight is 253 g/mol. The summed E-state index contributed by atoms with van der Waals surface area (Å²) >= 11 is 0. The summed E-state index contributed by atoms with van der Waals surface area (Å²) in [4.78, 5) is 0. The maximum Gasteiger partial charge on any atom is 0.0397 e. The molecule has 0 spiro atoms. The molecule has 1 nitrogen and oxygen atoms in total. The van der Waals surface area contributed by atoms with Crippen LogP contribution in [0.25, 0.3) is 0 Å². The van der Waals surface area contributed by atoms with E-state index < -0.39 is 0 Å². The van der Waals surface area contributed by atoms with Crippen LogP contribution in [0.1, 0.15) is 24.8 Å². The number of rotatable bonds is 9. The topological polar surface area (TPSA) is 12.0 Å². The highest BCUT2D eigenvalue weighted by Crippen LogP contribution is 2.16. The molecule has 1 aromatic rings. The van der Waals surface area contributed by atoms with E-state index in [1.165, 1.54) is 16.8 Å². The third kappa shape index (κ3) is 5.43. The minimum Gasteiger partial charge on any atom is -0.384 e. The highest BCUT2D eigenvalue weighted by molar-refractivity contribution is 5.22. The predicted molar refractivity (Wildman–Crippen MR) is 84.7 cm³/mol. The van der Waals surface area contributed by atoms with E-state index in [0.29, 0.717) is 0 Å².